The third-order valence-corrected chi connectivity index (χ3v) is 17.0. The molecule has 6 heteroatoms. The van der Waals surface area contributed by atoms with E-state index >= 15 is 0 Å². The molecule has 2 atom stereocenters. The lowest BCUT2D eigenvalue weighted by atomic mass is 10.0. The molecule has 0 fully saturated rings. The van der Waals surface area contributed by atoms with Crippen molar-refractivity contribution >= 4 is 11.9 Å². The minimum absolute atomic E-state index is 0.0131. The van der Waals surface area contributed by atoms with E-state index in [2.05, 4.69) is 31.3 Å². The van der Waals surface area contributed by atoms with Crippen molar-refractivity contribution in [3.8, 4) is 0 Å². The first-order chi connectivity index (χ1) is 39.0. The van der Waals surface area contributed by atoms with E-state index in [0.29, 0.717) is 19.4 Å². The summed E-state index contributed by atoms with van der Waals surface area (Å²) >= 11 is 0. The number of amides is 1. The SMILES string of the molecule is CCCCCCCCC/C=C\CCCCCCCC(=O)OCCCCCCCCCCCCCCCCCCCCCCCCCCCCCCCCC(=O)NC(CO)C(O)/C=C/CCCCCCCCCCCCCCCC. The molecule has 0 radical (unpaired) electrons. The Morgan fingerprint density at radius 2 is 0.595 bits per heavy atom. The van der Waals surface area contributed by atoms with Gasteiger partial charge < -0.3 is 20.3 Å². The molecular formula is C73H141NO5. The van der Waals surface area contributed by atoms with E-state index in [1.54, 1.807) is 6.08 Å². The van der Waals surface area contributed by atoms with Crippen LogP contribution in [0.5, 0.6) is 0 Å². The predicted octanol–water partition coefficient (Wildman–Crippen LogP) is 23.3. The van der Waals surface area contributed by atoms with Gasteiger partial charge in [0.25, 0.3) is 0 Å². The van der Waals surface area contributed by atoms with Crippen LogP contribution in [0.4, 0.5) is 0 Å². The highest BCUT2D eigenvalue weighted by molar-refractivity contribution is 5.76. The van der Waals surface area contributed by atoms with E-state index in [0.717, 1.165) is 44.9 Å². The Kier molecular flexibility index (Phi) is 67.4. The van der Waals surface area contributed by atoms with Gasteiger partial charge in [0.1, 0.15) is 0 Å². The number of nitrogens with one attached hydrogen (secondary N) is 1. The molecule has 0 aliphatic heterocycles. The Bertz CT molecular complexity index is 1230. The Morgan fingerprint density at radius 1 is 0.342 bits per heavy atom. The van der Waals surface area contributed by atoms with Crippen molar-refractivity contribution < 1.29 is 24.5 Å². The average Bonchev–Trinajstić information content (AvgIpc) is 3.45. The van der Waals surface area contributed by atoms with Crippen LogP contribution in [0, 0.1) is 0 Å². The zero-order chi connectivity index (χ0) is 57.1. The molecule has 0 saturated carbocycles. The second kappa shape index (κ2) is 68.8. The van der Waals surface area contributed by atoms with Crippen molar-refractivity contribution in [2.45, 2.75) is 418 Å². The Hall–Kier alpha value is -1.66. The van der Waals surface area contributed by atoms with Crippen LogP contribution in [0.1, 0.15) is 406 Å². The topological polar surface area (TPSA) is 95.9 Å². The number of carbonyl (C=O) groups excluding carboxylic acids is 2. The molecule has 0 aliphatic rings. The summed E-state index contributed by atoms with van der Waals surface area (Å²) < 4.78 is 5.50. The largest absolute Gasteiger partial charge is 0.466 e. The van der Waals surface area contributed by atoms with E-state index in [4.69, 9.17) is 4.74 Å². The van der Waals surface area contributed by atoms with Crippen LogP contribution in [0.25, 0.3) is 0 Å². The lowest BCUT2D eigenvalue weighted by Gasteiger charge is -2.20. The predicted molar refractivity (Wildman–Crippen MR) is 347 cm³/mol. The van der Waals surface area contributed by atoms with Crippen LogP contribution >= 0.6 is 0 Å². The van der Waals surface area contributed by atoms with E-state index in [1.807, 2.05) is 6.08 Å². The van der Waals surface area contributed by atoms with Gasteiger partial charge in [0, 0.05) is 12.8 Å². The average molecular weight is 1110 g/mol. The van der Waals surface area contributed by atoms with E-state index in [9.17, 15) is 19.8 Å². The smallest absolute Gasteiger partial charge is 0.305 e. The summed E-state index contributed by atoms with van der Waals surface area (Å²) in [4.78, 5) is 24.6. The van der Waals surface area contributed by atoms with Gasteiger partial charge in [0.05, 0.1) is 25.4 Å². The Labute approximate surface area is 494 Å². The summed E-state index contributed by atoms with van der Waals surface area (Å²) in [6.45, 7) is 4.94. The molecular weight excluding hydrogens is 971 g/mol. The van der Waals surface area contributed by atoms with Crippen LogP contribution in [0.15, 0.2) is 24.3 Å². The molecule has 468 valence electrons. The summed E-state index contributed by atoms with van der Waals surface area (Å²) in [6.07, 6.45) is 87.0. The van der Waals surface area contributed by atoms with Gasteiger partial charge in [-0.05, 0) is 57.8 Å². The number of allylic oxidation sites excluding steroid dienone is 3. The van der Waals surface area contributed by atoms with Gasteiger partial charge in [-0.2, -0.15) is 0 Å². The van der Waals surface area contributed by atoms with Gasteiger partial charge in [-0.1, -0.05) is 359 Å². The van der Waals surface area contributed by atoms with Gasteiger partial charge in [0.2, 0.25) is 5.91 Å². The number of aliphatic hydroxyl groups is 2. The van der Waals surface area contributed by atoms with E-state index in [1.165, 1.54) is 334 Å². The highest BCUT2D eigenvalue weighted by Crippen LogP contribution is 2.19. The minimum atomic E-state index is -0.841. The summed E-state index contributed by atoms with van der Waals surface area (Å²) in [5.41, 5.74) is 0. The van der Waals surface area contributed by atoms with Crippen LogP contribution < -0.4 is 5.32 Å². The molecule has 0 spiro atoms. The molecule has 6 nitrogen and oxygen atoms in total. The number of esters is 1. The summed E-state index contributed by atoms with van der Waals surface area (Å²) in [5, 5.41) is 23.2. The maximum atomic E-state index is 12.5. The van der Waals surface area contributed by atoms with Crippen molar-refractivity contribution in [3.63, 3.8) is 0 Å². The molecule has 0 aromatic rings. The third kappa shape index (κ3) is 65.4. The van der Waals surface area contributed by atoms with Crippen LogP contribution in [-0.4, -0.2) is 47.4 Å². The van der Waals surface area contributed by atoms with E-state index < -0.39 is 12.1 Å². The molecule has 0 aliphatic carbocycles. The fourth-order valence-electron chi connectivity index (χ4n) is 11.5. The van der Waals surface area contributed by atoms with Crippen LogP contribution in [0.3, 0.4) is 0 Å². The first-order valence-corrected chi connectivity index (χ1v) is 36.1. The first-order valence-electron chi connectivity index (χ1n) is 36.1. The van der Waals surface area contributed by atoms with Crippen molar-refractivity contribution in [2.75, 3.05) is 13.2 Å². The Balaban J connectivity index is 3.34. The van der Waals surface area contributed by atoms with Crippen LogP contribution in [0.2, 0.25) is 0 Å². The van der Waals surface area contributed by atoms with Crippen LogP contribution in [-0.2, 0) is 14.3 Å². The molecule has 0 rings (SSSR count). The van der Waals surface area contributed by atoms with Gasteiger partial charge >= 0.3 is 5.97 Å². The number of hydrogen-bond donors (Lipinski definition) is 3. The summed E-state index contributed by atoms with van der Waals surface area (Å²) in [7, 11) is 0. The molecule has 0 heterocycles. The highest BCUT2D eigenvalue weighted by atomic mass is 16.5. The number of hydrogen-bond acceptors (Lipinski definition) is 5. The molecule has 2 unspecified atom stereocenters. The van der Waals surface area contributed by atoms with Gasteiger partial charge in [-0.15, -0.1) is 0 Å². The molecule has 0 bridgehead atoms. The second-order valence-corrected chi connectivity index (χ2v) is 24.9. The first kappa shape index (κ1) is 77.3. The molecule has 3 N–H and O–H groups in total. The number of aliphatic hydroxyl groups excluding tert-OH is 2. The van der Waals surface area contributed by atoms with Gasteiger partial charge in [0.15, 0.2) is 0 Å². The third-order valence-electron chi connectivity index (χ3n) is 17.0. The standard InChI is InChI=1S/C73H141NO5/c1-3-5-7-9-11-13-15-17-19-37-41-45-49-53-57-61-65-71(76)70(69-75)74-72(77)66-62-58-54-50-46-42-38-35-33-31-29-27-25-23-21-22-24-26-28-30-32-34-36-40-44-48-52-56-60-64-68-79-73(78)67-63-59-55-51-47-43-39-20-18-16-14-12-10-8-6-4-2/h20,39,61,65,70-71,75-76H,3-19,21-38,40-60,62-64,66-69H2,1-2H3,(H,74,77)/b39-20-,65-61+. The molecule has 79 heavy (non-hydrogen) atoms. The van der Waals surface area contributed by atoms with E-state index in [-0.39, 0.29) is 18.5 Å². The summed E-state index contributed by atoms with van der Waals surface area (Å²) in [6, 6.07) is -0.625. The van der Waals surface area contributed by atoms with Gasteiger partial charge in [-0.25, -0.2) is 0 Å². The lowest BCUT2D eigenvalue weighted by Crippen LogP contribution is -2.45. The van der Waals surface area contributed by atoms with Crippen molar-refractivity contribution in [1.82, 2.24) is 5.32 Å². The molecule has 0 aromatic heterocycles. The fraction of sp³-hybridized carbons (Fsp3) is 0.918. The molecule has 0 saturated heterocycles. The monoisotopic (exact) mass is 1110 g/mol. The molecule has 0 aromatic carbocycles. The van der Waals surface area contributed by atoms with Gasteiger partial charge in [-0.3, -0.25) is 9.59 Å². The zero-order valence-corrected chi connectivity index (χ0v) is 53.6. The highest BCUT2D eigenvalue weighted by Gasteiger charge is 2.18. The second-order valence-electron chi connectivity index (χ2n) is 24.9. The quantitative estimate of drug-likeness (QED) is 0.0320. The fourth-order valence-corrected chi connectivity index (χ4v) is 11.5. The number of carbonyl (C=O) groups is 2. The molecule has 1 amide bonds. The number of ether oxygens (including phenoxy) is 1. The lowest BCUT2D eigenvalue weighted by molar-refractivity contribution is -0.143. The summed E-state index contributed by atoms with van der Waals surface area (Å²) in [5.74, 6) is -0.0480. The maximum absolute atomic E-state index is 12.5. The minimum Gasteiger partial charge on any atom is -0.466 e. The number of rotatable bonds is 68. The Morgan fingerprint density at radius 3 is 0.899 bits per heavy atom. The normalized spacial score (nSPS) is 12.6. The maximum Gasteiger partial charge on any atom is 0.305 e. The van der Waals surface area contributed by atoms with Crippen molar-refractivity contribution in [2.24, 2.45) is 0 Å². The zero-order valence-electron chi connectivity index (χ0n) is 53.6. The number of unbranched alkanes of at least 4 members (excludes halogenated alkanes) is 55. The van der Waals surface area contributed by atoms with Crippen molar-refractivity contribution in [1.29, 1.82) is 0 Å². The van der Waals surface area contributed by atoms with Crippen molar-refractivity contribution in [3.05, 3.63) is 24.3 Å².